The Labute approximate surface area is 183 Å². The first-order chi connectivity index (χ1) is 14.8. The summed E-state index contributed by atoms with van der Waals surface area (Å²) in [6, 6.07) is 20.4. The molecule has 1 atom stereocenters. The number of nitrogens with one attached hydrogen (secondary N) is 1. The summed E-state index contributed by atoms with van der Waals surface area (Å²) in [4.78, 5) is 13.2. The zero-order valence-corrected chi connectivity index (χ0v) is 18.7. The molecule has 1 N–H and O–H groups in total. The third-order valence-corrected chi connectivity index (χ3v) is 7.49. The number of nitrogens with zero attached hydrogens (tertiary/aromatic N) is 1. The highest BCUT2D eigenvalue weighted by atomic mass is 32.2. The summed E-state index contributed by atoms with van der Waals surface area (Å²) in [6.45, 7) is 5.71. The maximum atomic E-state index is 13.4. The molecule has 3 aromatic rings. The molecule has 0 radical (unpaired) electrons. The predicted molar refractivity (Wildman–Crippen MR) is 124 cm³/mol. The van der Waals surface area contributed by atoms with Gasteiger partial charge in [0.2, 0.25) is 5.91 Å². The largest absolute Gasteiger partial charge is 0.348 e. The van der Waals surface area contributed by atoms with Gasteiger partial charge in [0, 0.05) is 11.1 Å². The zero-order chi connectivity index (χ0) is 22.2. The Hall–Kier alpha value is -3.12. The number of sulfonamides is 1. The summed E-state index contributed by atoms with van der Waals surface area (Å²) in [5.74, 6) is -0.332. The normalized spacial score (nSPS) is 15.0. The average Bonchev–Trinajstić information content (AvgIpc) is 2.76. The first-order valence-electron chi connectivity index (χ1n) is 10.4. The van der Waals surface area contributed by atoms with Crippen LogP contribution in [-0.4, -0.2) is 20.9 Å². The maximum Gasteiger partial charge on any atom is 0.265 e. The molecule has 0 spiro atoms. The number of hydrogen-bond acceptors (Lipinski definition) is 3. The first kappa shape index (κ1) is 21.1. The fourth-order valence-corrected chi connectivity index (χ4v) is 5.66. The van der Waals surface area contributed by atoms with Crippen LogP contribution in [0.3, 0.4) is 0 Å². The summed E-state index contributed by atoms with van der Waals surface area (Å²) in [6.07, 6.45) is 0.708. The molecule has 0 aromatic heterocycles. The van der Waals surface area contributed by atoms with Crippen molar-refractivity contribution in [3.05, 3.63) is 83.4 Å². The lowest BCUT2D eigenvalue weighted by Gasteiger charge is -2.32. The average molecular weight is 435 g/mol. The van der Waals surface area contributed by atoms with Gasteiger partial charge in [0.05, 0.1) is 16.6 Å². The van der Waals surface area contributed by atoms with E-state index in [1.165, 1.54) is 4.31 Å². The van der Waals surface area contributed by atoms with E-state index in [4.69, 9.17) is 0 Å². The van der Waals surface area contributed by atoms with Gasteiger partial charge < -0.3 is 5.32 Å². The molecule has 4 rings (SSSR count). The van der Waals surface area contributed by atoms with Crippen molar-refractivity contribution in [3.8, 4) is 11.1 Å². The summed E-state index contributed by atoms with van der Waals surface area (Å²) >= 11 is 0. The SMILES string of the molecule is CCC(NC(=O)CN1c2ccc(C)cc2-c2ccccc2S1(=O)=O)c1ccc(C)cc1. The van der Waals surface area contributed by atoms with E-state index in [0.717, 1.165) is 22.3 Å². The minimum Gasteiger partial charge on any atom is -0.348 e. The Bertz CT molecular complexity index is 1230. The van der Waals surface area contributed by atoms with Gasteiger partial charge in [-0.15, -0.1) is 0 Å². The Morgan fingerprint density at radius 1 is 0.935 bits per heavy atom. The Morgan fingerprint density at radius 3 is 2.32 bits per heavy atom. The molecule has 1 aliphatic rings. The molecule has 0 saturated carbocycles. The molecule has 6 heteroatoms. The molecular formula is C25H26N2O3S. The van der Waals surface area contributed by atoms with Gasteiger partial charge in [-0.25, -0.2) is 8.42 Å². The van der Waals surface area contributed by atoms with Gasteiger partial charge >= 0.3 is 0 Å². The lowest BCUT2D eigenvalue weighted by Crippen LogP contribution is -2.43. The molecule has 1 heterocycles. The predicted octanol–water partition coefficient (Wildman–Crippen LogP) is 4.75. The third kappa shape index (κ3) is 3.95. The fraction of sp³-hybridized carbons (Fsp3) is 0.240. The molecule has 0 aliphatic carbocycles. The van der Waals surface area contributed by atoms with Crippen molar-refractivity contribution in [2.45, 2.75) is 38.1 Å². The molecule has 1 aliphatic heterocycles. The number of anilines is 1. The van der Waals surface area contributed by atoms with Crippen molar-refractivity contribution in [1.29, 1.82) is 0 Å². The molecule has 3 aromatic carbocycles. The second-order valence-corrected chi connectivity index (χ2v) is 9.80. The number of carbonyl (C=O) groups excluding carboxylic acids is 1. The van der Waals surface area contributed by atoms with Crippen LogP contribution in [0, 0.1) is 13.8 Å². The van der Waals surface area contributed by atoms with Crippen LogP contribution in [0.15, 0.2) is 71.6 Å². The second-order valence-electron chi connectivity index (χ2n) is 7.97. The van der Waals surface area contributed by atoms with Crippen LogP contribution >= 0.6 is 0 Å². The molecule has 160 valence electrons. The van der Waals surface area contributed by atoms with E-state index in [2.05, 4.69) is 5.32 Å². The van der Waals surface area contributed by atoms with Gasteiger partial charge in [-0.05, 0) is 44.0 Å². The highest BCUT2D eigenvalue weighted by molar-refractivity contribution is 7.93. The number of aryl methyl sites for hydroxylation is 2. The van der Waals surface area contributed by atoms with E-state index in [0.29, 0.717) is 17.7 Å². The topological polar surface area (TPSA) is 66.5 Å². The third-order valence-electron chi connectivity index (χ3n) is 5.68. The van der Waals surface area contributed by atoms with Crippen molar-refractivity contribution in [2.24, 2.45) is 0 Å². The van der Waals surface area contributed by atoms with Crippen LogP contribution in [-0.2, 0) is 14.8 Å². The van der Waals surface area contributed by atoms with Crippen molar-refractivity contribution in [2.75, 3.05) is 10.8 Å². The summed E-state index contributed by atoms with van der Waals surface area (Å²) in [5.41, 5.74) is 5.21. The molecule has 5 nitrogen and oxygen atoms in total. The highest BCUT2D eigenvalue weighted by Gasteiger charge is 2.36. The van der Waals surface area contributed by atoms with Crippen LogP contribution in [0.5, 0.6) is 0 Å². The van der Waals surface area contributed by atoms with Crippen LogP contribution < -0.4 is 9.62 Å². The fourth-order valence-electron chi connectivity index (χ4n) is 4.01. The first-order valence-corrected chi connectivity index (χ1v) is 11.8. The molecule has 0 saturated heterocycles. The van der Waals surface area contributed by atoms with E-state index in [-0.39, 0.29) is 23.4 Å². The summed E-state index contributed by atoms with van der Waals surface area (Å²) < 4.78 is 28.0. The van der Waals surface area contributed by atoms with Crippen molar-refractivity contribution in [3.63, 3.8) is 0 Å². The minimum atomic E-state index is -3.84. The number of hydrogen-bond donors (Lipinski definition) is 1. The minimum absolute atomic E-state index is 0.176. The zero-order valence-electron chi connectivity index (χ0n) is 17.9. The smallest absolute Gasteiger partial charge is 0.265 e. The van der Waals surface area contributed by atoms with E-state index in [1.807, 2.05) is 69.3 Å². The second kappa shape index (κ2) is 8.19. The Balaban J connectivity index is 1.66. The Morgan fingerprint density at radius 2 is 1.61 bits per heavy atom. The lowest BCUT2D eigenvalue weighted by molar-refractivity contribution is -0.120. The van der Waals surface area contributed by atoms with Gasteiger partial charge in [-0.3, -0.25) is 9.10 Å². The van der Waals surface area contributed by atoms with E-state index in [9.17, 15) is 13.2 Å². The van der Waals surface area contributed by atoms with Crippen molar-refractivity contribution < 1.29 is 13.2 Å². The van der Waals surface area contributed by atoms with Crippen LogP contribution in [0.1, 0.15) is 36.1 Å². The van der Waals surface area contributed by atoms with Crippen molar-refractivity contribution in [1.82, 2.24) is 5.32 Å². The van der Waals surface area contributed by atoms with Gasteiger partial charge in [-0.2, -0.15) is 0 Å². The maximum absolute atomic E-state index is 13.4. The van der Waals surface area contributed by atoms with Crippen molar-refractivity contribution >= 4 is 21.6 Å². The lowest BCUT2D eigenvalue weighted by atomic mass is 10.0. The summed E-state index contributed by atoms with van der Waals surface area (Å²) in [7, 11) is -3.84. The monoisotopic (exact) mass is 434 g/mol. The number of benzene rings is 3. The molecule has 0 fully saturated rings. The van der Waals surface area contributed by atoms with Gasteiger partial charge in [-0.1, -0.05) is 66.6 Å². The molecule has 1 amide bonds. The highest BCUT2D eigenvalue weighted by Crippen LogP contribution is 2.43. The van der Waals surface area contributed by atoms with Crippen LogP contribution in [0.2, 0.25) is 0 Å². The van der Waals surface area contributed by atoms with E-state index in [1.54, 1.807) is 18.2 Å². The molecule has 1 unspecified atom stereocenters. The van der Waals surface area contributed by atoms with Crippen LogP contribution in [0.25, 0.3) is 11.1 Å². The Kier molecular flexibility index (Phi) is 5.58. The number of carbonyl (C=O) groups is 1. The number of fused-ring (bicyclic) bond motifs is 3. The quantitative estimate of drug-likeness (QED) is 0.630. The number of amides is 1. The molecule has 0 bridgehead atoms. The molecular weight excluding hydrogens is 408 g/mol. The van der Waals surface area contributed by atoms with E-state index >= 15 is 0 Å². The molecule has 31 heavy (non-hydrogen) atoms. The van der Waals surface area contributed by atoms with Gasteiger partial charge in [0.15, 0.2) is 0 Å². The van der Waals surface area contributed by atoms with Crippen LogP contribution in [0.4, 0.5) is 5.69 Å². The number of rotatable bonds is 5. The standard InChI is InChI=1S/C25H26N2O3S/c1-4-22(19-12-9-17(2)10-13-19)26-25(28)16-27-23-14-11-18(3)15-21(23)20-7-5-6-8-24(20)31(27,29)30/h5-15,22H,4,16H2,1-3H3,(H,26,28). The van der Waals surface area contributed by atoms with Gasteiger partial charge in [0.1, 0.15) is 6.54 Å². The van der Waals surface area contributed by atoms with E-state index < -0.39 is 10.0 Å². The van der Waals surface area contributed by atoms with Gasteiger partial charge in [0.25, 0.3) is 10.0 Å². The summed E-state index contributed by atoms with van der Waals surface area (Å²) in [5, 5.41) is 3.01.